The first-order valence-corrected chi connectivity index (χ1v) is 10.0. The highest BCUT2D eigenvalue weighted by atomic mass is 16.5. The number of hydrogen-bond acceptors (Lipinski definition) is 8. The number of hydrogen-bond donors (Lipinski definition) is 1. The van der Waals surface area contributed by atoms with Gasteiger partial charge >= 0.3 is 0 Å². The molecule has 3 aliphatic heterocycles. The Labute approximate surface area is 164 Å². The van der Waals surface area contributed by atoms with Crippen molar-refractivity contribution in [2.45, 2.75) is 37.9 Å². The summed E-state index contributed by atoms with van der Waals surface area (Å²) in [6.45, 7) is 5.77. The molecule has 2 N–H and O–H groups in total. The molecule has 2 aromatic rings. The third kappa shape index (κ3) is 3.16. The van der Waals surface area contributed by atoms with E-state index in [0.29, 0.717) is 31.1 Å². The second-order valence-corrected chi connectivity index (χ2v) is 7.83. The Kier molecular flexibility index (Phi) is 4.52. The molecule has 8 nitrogen and oxygen atoms in total. The maximum absolute atomic E-state index is 5.86. The lowest BCUT2D eigenvalue weighted by atomic mass is 10.2. The zero-order chi connectivity index (χ0) is 19.1. The van der Waals surface area contributed by atoms with Gasteiger partial charge in [-0.25, -0.2) is 0 Å². The highest BCUT2D eigenvalue weighted by Gasteiger charge is 2.39. The van der Waals surface area contributed by atoms with Crippen LogP contribution in [0.2, 0.25) is 0 Å². The van der Waals surface area contributed by atoms with Gasteiger partial charge in [0.2, 0.25) is 11.9 Å². The van der Waals surface area contributed by atoms with Crippen LogP contribution in [0.15, 0.2) is 24.3 Å². The molecule has 0 spiro atoms. The van der Waals surface area contributed by atoms with Gasteiger partial charge in [0.25, 0.3) is 0 Å². The summed E-state index contributed by atoms with van der Waals surface area (Å²) in [6, 6.07) is 8.61. The zero-order valence-corrected chi connectivity index (χ0v) is 16.1. The van der Waals surface area contributed by atoms with Crippen LogP contribution < -0.4 is 15.5 Å². The predicted octanol–water partition coefficient (Wildman–Crippen LogP) is 1.71. The van der Waals surface area contributed by atoms with Crippen molar-refractivity contribution in [2.75, 3.05) is 48.5 Å². The number of anilines is 3. The largest absolute Gasteiger partial charge is 0.399 e. The van der Waals surface area contributed by atoms with E-state index >= 15 is 0 Å². The van der Waals surface area contributed by atoms with Gasteiger partial charge in [-0.05, 0) is 44.0 Å². The van der Waals surface area contributed by atoms with Crippen LogP contribution in [0.3, 0.4) is 0 Å². The number of ether oxygens (including phenoxy) is 2. The van der Waals surface area contributed by atoms with Crippen molar-refractivity contribution in [1.29, 1.82) is 0 Å². The average molecular weight is 382 g/mol. The van der Waals surface area contributed by atoms with E-state index in [2.05, 4.69) is 16.7 Å². The fraction of sp³-hybridized carbons (Fsp3) is 0.550. The summed E-state index contributed by atoms with van der Waals surface area (Å²) in [5, 5.41) is 0. The Hall–Kier alpha value is -2.45. The van der Waals surface area contributed by atoms with Crippen molar-refractivity contribution in [3.63, 3.8) is 0 Å². The summed E-state index contributed by atoms with van der Waals surface area (Å²) in [6.07, 6.45) is 2.24. The first kappa shape index (κ1) is 17.6. The molecule has 4 heterocycles. The van der Waals surface area contributed by atoms with Gasteiger partial charge in [-0.2, -0.15) is 15.0 Å². The van der Waals surface area contributed by atoms with Crippen molar-refractivity contribution in [3.05, 3.63) is 24.3 Å². The Bertz CT molecular complexity index is 829. The number of benzene rings is 1. The van der Waals surface area contributed by atoms with Gasteiger partial charge < -0.3 is 25.0 Å². The molecule has 0 aliphatic carbocycles. The number of nitrogen functional groups attached to an aromatic ring is 1. The molecule has 0 saturated carbocycles. The van der Waals surface area contributed by atoms with E-state index in [1.165, 1.54) is 0 Å². The van der Waals surface area contributed by atoms with Crippen molar-refractivity contribution in [2.24, 2.45) is 0 Å². The average Bonchev–Trinajstić information content (AvgIpc) is 2.97. The maximum atomic E-state index is 5.86. The van der Waals surface area contributed by atoms with Gasteiger partial charge in [-0.3, -0.25) is 0 Å². The molecular formula is C20H26N6O2. The lowest BCUT2D eigenvalue weighted by Crippen LogP contribution is -2.48. The quantitative estimate of drug-likeness (QED) is 0.803. The van der Waals surface area contributed by atoms with E-state index in [0.717, 1.165) is 55.7 Å². The standard InChI is InChI=1S/C20H26N6O2/c1-13-10-27-9-8-25(13)19-22-18(14-2-4-15(21)5-3-14)23-20(24-19)26-16-6-7-17(26)12-28-11-16/h2-5,13,16-17H,6-12,21H2,1H3/t13-,16?,17?/m1/s1. The minimum Gasteiger partial charge on any atom is -0.399 e. The van der Waals surface area contributed by atoms with Crippen molar-refractivity contribution >= 4 is 17.6 Å². The molecule has 1 aromatic carbocycles. The second-order valence-electron chi connectivity index (χ2n) is 7.83. The van der Waals surface area contributed by atoms with Gasteiger partial charge in [-0.15, -0.1) is 0 Å². The topological polar surface area (TPSA) is 89.6 Å². The Morgan fingerprint density at radius 2 is 1.64 bits per heavy atom. The second kappa shape index (κ2) is 7.18. The number of rotatable bonds is 3. The zero-order valence-electron chi connectivity index (χ0n) is 16.1. The predicted molar refractivity (Wildman–Crippen MR) is 107 cm³/mol. The molecule has 8 heteroatoms. The third-order valence-corrected chi connectivity index (χ3v) is 5.88. The van der Waals surface area contributed by atoms with Crippen molar-refractivity contribution in [3.8, 4) is 11.4 Å². The van der Waals surface area contributed by atoms with Crippen LogP contribution >= 0.6 is 0 Å². The van der Waals surface area contributed by atoms with Crippen LogP contribution in [0.5, 0.6) is 0 Å². The molecule has 3 aliphatic rings. The minimum atomic E-state index is 0.227. The van der Waals surface area contributed by atoms with Crippen LogP contribution in [0, 0.1) is 0 Å². The maximum Gasteiger partial charge on any atom is 0.231 e. The van der Waals surface area contributed by atoms with Crippen molar-refractivity contribution in [1.82, 2.24) is 15.0 Å². The summed E-state index contributed by atoms with van der Waals surface area (Å²) in [5.74, 6) is 2.16. The monoisotopic (exact) mass is 382 g/mol. The van der Waals surface area contributed by atoms with Crippen LogP contribution in [-0.4, -0.2) is 66.0 Å². The molecule has 5 rings (SSSR count). The smallest absolute Gasteiger partial charge is 0.231 e. The third-order valence-electron chi connectivity index (χ3n) is 5.88. The molecule has 0 amide bonds. The van der Waals surface area contributed by atoms with Gasteiger partial charge in [0.1, 0.15) is 0 Å². The fourth-order valence-electron chi connectivity index (χ4n) is 4.34. The Balaban J connectivity index is 1.58. The molecule has 28 heavy (non-hydrogen) atoms. The van der Waals surface area contributed by atoms with Gasteiger partial charge in [-0.1, -0.05) is 0 Å². The van der Waals surface area contributed by atoms with Crippen molar-refractivity contribution < 1.29 is 9.47 Å². The lowest BCUT2D eigenvalue weighted by Gasteiger charge is -2.36. The molecule has 2 unspecified atom stereocenters. The van der Waals surface area contributed by atoms with Crippen LogP contribution in [0.25, 0.3) is 11.4 Å². The molecule has 3 atom stereocenters. The summed E-state index contributed by atoms with van der Waals surface area (Å²) in [7, 11) is 0. The summed E-state index contributed by atoms with van der Waals surface area (Å²) < 4.78 is 11.3. The van der Waals surface area contributed by atoms with E-state index in [4.69, 9.17) is 30.2 Å². The van der Waals surface area contributed by atoms with Crippen LogP contribution in [0.4, 0.5) is 17.6 Å². The fourth-order valence-corrected chi connectivity index (χ4v) is 4.34. The normalized spacial score (nSPS) is 27.2. The summed E-state index contributed by atoms with van der Waals surface area (Å²) >= 11 is 0. The van der Waals surface area contributed by atoms with Gasteiger partial charge in [0.05, 0.1) is 44.6 Å². The number of nitrogens with two attached hydrogens (primary N) is 1. The molecule has 148 valence electrons. The van der Waals surface area contributed by atoms with Crippen LogP contribution in [-0.2, 0) is 9.47 Å². The molecule has 3 fully saturated rings. The minimum absolute atomic E-state index is 0.227. The van der Waals surface area contributed by atoms with Crippen LogP contribution in [0.1, 0.15) is 19.8 Å². The lowest BCUT2D eigenvalue weighted by molar-refractivity contribution is 0.0895. The van der Waals surface area contributed by atoms with Gasteiger partial charge in [0, 0.05) is 17.8 Å². The first-order valence-electron chi connectivity index (χ1n) is 10.0. The molecule has 3 saturated heterocycles. The Morgan fingerprint density at radius 1 is 0.929 bits per heavy atom. The van der Waals surface area contributed by atoms with E-state index < -0.39 is 0 Å². The summed E-state index contributed by atoms with van der Waals surface area (Å²) in [5.41, 5.74) is 7.54. The van der Waals surface area contributed by atoms with Gasteiger partial charge in [0.15, 0.2) is 5.82 Å². The number of morpholine rings is 2. The number of fused-ring (bicyclic) bond motifs is 2. The van der Waals surface area contributed by atoms with E-state index in [-0.39, 0.29) is 6.04 Å². The molecule has 0 radical (unpaired) electrons. The first-order chi connectivity index (χ1) is 13.7. The highest BCUT2D eigenvalue weighted by molar-refractivity contribution is 5.62. The molecular weight excluding hydrogens is 356 g/mol. The number of nitrogens with zero attached hydrogens (tertiary/aromatic N) is 5. The molecule has 2 bridgehead atoms. The highest BCUT2D eigenvalue weighted by Crippen LogP contribution is 2.34. The molecule has 1 aromatic heterocycles. The Morgan fingerprint density at radius 3 is 2.36 bits per heavy atom. The van der Waals surface area contributed by atoms with E-state index in [1.54, 1.807) is 0 Å². The van der Waals surface area contributed by atoms with E-state index in [9.17, 15) is 0 Å². The number of aromatic nitrogens is 3. The van der Waals surface area contributed by atoms with E-state index in [1.807, 2.05) is 24.3 Å². The SMILES string of the molecule is C[C@@H]1COCCN1c1nc(-c2ccc(N)cc2)nc(N2C3CCC2COC3)n1. The summed E-state index contributed by atoms with van der Waals surface area (Å²) in [4.78, 5) is 19.2.